The van der Waals surface area contributed by atoms with Gasteiger partial charge in [0, 0.05) is 9.40 Å². The largest absolute Gasteiger partial charge is 0.282 e. The van der Waals surface area contributed by atoms with Crippen LogP contribution >= 0.6 is 47.8 Å². The molecule has 0 aliphatic carbocycles. The van der Waals surface area contributed by atoms with Gasteiger partial charge in [0.1, 0.15) is 4.83 Å². The minimum absolute atomic E-state index is 0.328. The lowest BCUT2D eigenvalue weighted by molar-refractivity contribution is -0.492. The number of rotatable bonds is 3. The maximum Gasteiger partial charge on any atom is 0.282 e. The third kappa shape index (κ3) is 3.03. The summed E-state index contributed by atoms with van der Waals surface area (Å²) in [7, 11) is 0. The molecule has 0 spiro atoms. The maximum atomic E-state index is 10.5. The van der Waals surface area contributed by atoms with Gasteiger partial charge in [-0.05, 0) is 33.6 Å². The maximum absolute atomic E-state index is 10.5. The lowest BCUT2D eigenvalue weighted by atomic mass is 10.1. The Morgan fingerprint density at radius 3 is 2.14 bits per heavy atom. The molecule has 0 aliphatic rings. The molecule has 0 saturated carbocycles. The molecule has 0 N–H and O–H groups in total. The Kier molecular flexibility index (Phi) is 4.53. The third-order valence-corrected chi connectivity index (χ3v) is 4.76. The highest BCUT2D eigenvalue weighted by Gasteiger charge is 2.27. The van der Waals surface area contributed by atoms with Gasteiger partial charge >= 0.3 is 0 Å². The van der Waals surface area contributed by atoms with E-state index in [4.69, 9.17) is 0 Å². The fourth-order valence-corrected chi connectivity index (χ4v) is 1.98. The molecule has 76 valence electrons. The summed E-state index contributed by atoms with van der Waals surface area (Å²) in [5.74, 6) is 0. The Hall–Kier alpha value is 0.0600. The highest BCUT2D eigenvalue weighted by Crippen LogP contribution is 2.31. The van der Waals surface area contributed by atoms with Crippen molar-refractivity contribution in [2.45, 2.75) is 9.78 Å². The van der Waals surface area contributed by atoms with E-state index in [0.717, 1.165) is 10.0 Å². The van der Waals surface area contributed by atoms with Crippen LogP contribution in [0.4, 0.5) is 0 Å². The molecule has 2 atom stereocenters. The summed E-state index contributed by atoms with van der Waals surface area (Å²) in [5.41, 5.74) is 0.867. The minimum atomic E-state index is -0.816. The average molecular weight is 388 g/mol. The molecular weight excluding hydrogens is 382 g/mol. The van der Waals surface area contributed by atoms with Gasteiger partial charge in [-0.25, -0.2) is 0 Å². The predicted octanol–water partition coefficient (Wildman–Crippen LogP) is 3.88. The predicted molar refractivity (Wildman–Crippen MR) is 65.5 cm³/mol. The molecule has 1 rings (SSSR count). The van der Waals surface area contributed by atoms with Gasteiger partial charge in [0.15, 0.2) is 0 Å². The van der Waals surface area contributed by atoms with Gasteiger partial charge in [-0.15, -0.1) is 0 Å². The summed E-state index contributed by atoms with van der Waals surface area (Å²) in [6.07, 6.45) is 0. The van der Waals surface area contributed by atoms with Crippen LogP contribution in [0.15, 0.2) is 28.7 Å². The summed E-state index contributed by atoms with van der Waals surface area (Å²) in [5, 5.41) is 10.5. The summed E-state index contributed by atoms with van der Waals surface area (Å²) < 4.78 is 0.952. The normalized spacial score (nSPS) is 14.8. The van der Waals surface area contributed by atoms with Gasteiger partial charge in [-0.3, -0.25) is 10.1 Å². The van der Waals surface area contributed by atoms with Crippen molar-refractivity contribution in [1.29, 1.82) is 0 Å². The smallest absolute Gasteiger partial charge is 0.263 e. The zero-order chi connectivity index (χ0) is 10.7. The number of benzene rings is 1. The number of nitrogens with zero attached hydrogens (tertiary/aromatic N) is 1. The quantitative estimate of drug-likeness (QED) is 0.342. The Morgan fingerprint density at radius 2 is 1.71 bits per heavy atom. The number of alkyl halides is 2. The fourth-order valence-electron chi connectivity index (χ4n) is 0.912. The fraction of sp³-hybridized carbons (Fsp3) is 0.250. The molecule has 0 bridgehead atoms. The SMILES string of the molecule is O=[N+]([O-])[C@@H](Br)[C@@H](Br)c1ccc(Br)cc1. The standard InChI is InChI=1S/C8H6Br3NO2/c9-6-3-1-5(2-4-6)7(10)8(11)12(13)14/h1-4,7-8H/t7-,8+/m0/s1. The Bertz CT molecular complexity index is 328. The second-order valence-electron chi connectivity index (χ2n) is 2.61. The van der Waals surface area contributed by atoms with Crippen molar-refractivity contribution in [3.8, 4) is 0 Å². The zero-order valence-corrected chi connectivity index (χ0v) is 11.6. The summed E-state index contributed by atoms with van der Waals surface area (Å²) in [4.78, 5) is 8.98. The van der Waals surface area contributed by atoms with Gasteiger partial charge in [0.25, 0.3) is 4.95 Å². The van der Waals surface area contributed by atoms with Crippen LogP contribution < -0.4 is 0 Å². The van der Waals surface area contributed by atoms with Gasteiger partial charge in [0.05, 0.1) is 0 Å². The van der Waals surface area contributed by atoms with Crippen LogP contribution in [0.1, 0.15) is 10.4 Å². The first-order chi connectivity index (χ1) is 6.52. The van der Waals surface area contributed by atoms with E-state index in [1.54, 1.807) is 0 Å². The molecule has 1 aromatic rings. The molecule has 6 heteroatoms. The summed E-state index contributed by atoms with van der Waals surface area (Å²) >= 11 is 9.58. The second-order valence-corrected chi connectivity index (χ2v) is 5.45. The van der Waals surface area contributed by atoms with Gasteiger partial charge in [0.2, 0.25) is 0 Å². The molecule has 3 nitrogen and oxygen atoms in total. The van der Waals surface area contributed by atoms with Crippen LogP contribution in [0.3, 0.4) is 0 Å². The van der Waals surface area contributed by atoms with E-state index < -0.39 is 4.95 Å². The van der Waals surface area contributed by atoms with Crippen molar-refractivity contribution >= 4 is 47.8 Å². The molecule has 0 aliphatic heterocycles. The molecule has 0 saturated heterocycles. The third-order valence-electron chi connectivity index (χ3n) is 1.63. The van der Waals surface area contributed by atoms with Crippen LogP contribution in [0.2, 0.25) is 0 Å². The van der Waals surface area contributed by atoms with E-state index in [1.165, 1.54) is 0 Å². The van der Waals surface area contributed by atoms with Gasteiger partial charge < -0.3 is 0 Å². The Balaban J connectivity index is 2.84. The Morgan fingerprint density at radius 1 is 1.21 bits per heavy atom. The van der Waals surface area contributed by atoms with E-state index >= 15 is 0 Å². The van der Waals surface area contributed by atoms with E-state index in [2.05, 4.69) is 47.8 Å². The van der Waals surface area contributed by atoms with E-state index in [1.807, 2.05) is 24.3 Å². The number of nitro groups is 1. The summed E-state index contributed by atoms with van der Waals surface area (Å²) in [6.45, 7) is 0. The topological polar surface area (TPSA) is 43.1 Å². The van der Waals surface area contributed by atoms with Crippen LogP contribution in [-0.2, 0) is 0 Å². The Labute approximate surface area is 106 Å². The molecule has 14 heavy (non-hydrogen) atoms. The van der Waals surface area contributed by atoms with Crippen LogP contribution in [0.25, 0.3) is 0 Å². The molecule has 0 aromatic heterocycles. The molecular formula is C8H6Br3NO2. The first-order valence-corrected chi connectivity index (χ1v) is 6.32. The van der Waals surface area contributed by atoms with Crippen molar-refractivity contribution in [2.75, 3.05) is 0 Å². The van der Waals surface area contributed by atoms with Crippen LogP contribution in [0.5, 0.6) is 0 Å². The number of hydrogen-bond acceptors (Lipinski definition) is 2. The summed E-state index contributed by atoms with van der Waals surface area (Å²) in [6, 6.07) is 7.37. The second kappa shape index (κ2) is 5.23. The number of hydrogen-bond donors (Lipinski definition) is 0. The van der Waals surface area contributed by atoms with Crippen molar-refractivity contribution in [1.82, 2.24) is 0 Å². The van der Waals surface area contributed by atoms with Crippen molar-refractivity contribution in [3.05, 3.63) is 44.4 Å². The number of halogens is 3. The first kappa shape index (κ1) is 12.1. The molecule has 0 amide bonds. The van der Waals surface area contributed by atoms with Crippen molar-refractivity contribution in [2.24, 2.45) is 0 Å². The highest BCUT2D eigenvalue weighted by atomic mass is 79.9. The van der Waals surface area contributed by atoms with E-state index in [9.17, 15) is 10.1 Å². The van der Waals surface area contributed by atoms with Crippen molar-refractivity contribution < 1.29 is 4.92 Å². The zero-order valence-electron chi connectivity index (χ0n) is 6.86. The molecule has 0 radical (unpaired) electrons. The van der Waals surface area contributed by atoms with Crippen LogP contribution in [0, 0.1) is 10.1 Å². The lowest BCUT2D eigenvalue weighted by Crippen LogP contribution is -2.16. The van der Waals surface area contributed by atoms with Gasteiger partial charge in [-0.2, -0.15) is 0 Å². The lowest BCUT2D eigenvalue weighted by Gasteiger charge is -2.10. The van der Waals surface area contributed by atoms with Crippen molar-refractivity contribution in [3.63, 3.8) is 0 Å². The monoisotopic (exact) mass is 385 g/mol. The van der Waals surface area contributed by atoms with E-state index in [-0.39, 0.29) is 9.75 Å². The minimum Gasteiger partial charge on any atom is -0.263 e. The first-order valence-electron chi connectivity index (χ1n) is 3.69. The highest BCUT2D eigenvalue weighted by molar-refractivity contribution is 9.12. The van der Waals surface area contributed by atoms with Gasteiger partial charge in [-0.1, -0.05) is 44.0 Å². The average Bonchev–Trinajstić information content (AvgIpc) is 2.16. The molecule has 0 unspecified atom stereocenters. The van der Waals surface area contributed by atoms with E-state index in [0.29, 0.717) is 0 Å². The van der Waals surface area contributed by atoms with Crippen LogP contribution in [-0.4, -0.2) is 9.87 Å². The molecule has 0 fully saturated rings. The molecule has 0 heterocycles. The molecule has 1 aromatic carbocycles.